The van der Waals surface area contributed by atoms with Crippen molar-refractivity contribution in [1.82, 2.24) is 0 Å². The molecule has 29 heavy (non-hydrogen) atoms. The Morgan fingerprint density at radius 2 is 1.52 bits per heavy atom. The minimum absolute atomic E-state index is 0. The van der Waals surface area contributed by atoms with E-state index in [2.05, 4.69) is 71.6 Å². The summed E-state index contributed by atoms with van der Waals surface area (Å²) < 4.78 is 5.99. The summed E-state index contributed by atoms with van der Waals surface area (Å²) >= 11 is 0. The Morgan fingerprint density at radius 1 is 1.03 bits per heavy atom. The molecule has 0 bridgehead atoms. The van der Waals surface area contributed by atoms with Gasteiger partial charge in [0.2, 0.25) is 0 Å². The first-order chi connectivity index (χ1) is 13.0. The zero-order valence-electron chi connectivity index (χ0n) is 19.8. The van der Waals surface area contributed by atoms with Crippen LogP contribution in [0.3, 0.4) is 0 Å². The van der Waals surface area contributed by atoms with Crippen LogP contribution in [0, 0.1) is 11.8 Å². The normalized spacial score (nSPS) is 23.8. The number of benzene rings is 1. The Labute approximate surface area is 191 Å². The molecule has 0 aliphatic heterocycles. The van der Waals surface area contributed by atoms with E-state index in [4.69, 9.17) is 4.74 Å². The van der Waals surface area contributed by atoms with E-state index in [1.54, 1.807) is 0 Å². The van der Waals surface area contributed by atoms with Gasteiger partial charge >= 0.3 is 24.8 Å². The molecular formula is C24H39LiO3Si. The maximum Gasteiger partial charge on any atom is 1.00 e. The fraction of sp³-hybridized carbons (Fsp3) is 0.708. The molecule has 1 saturated carbocycles. The van der Waals surface area contributed by atoms with Crippen molar-refractivity contribution in [2.24, 2.45) is 11.8 Å². The van der Waals surface area contributed by atoms with Crippen LogP contribution in [0.5, 0.6) is 0 Å². The number of hydrogen-bond donors (Lipinski definition) is 0. The first kappa shape index (κ1) is 26.5. The van der Waals surface area contributed by atoms with E-state index in [1.165, 1.54) is 5.56 Å². The minimum Gasteiger partial charge on any atom is -0.849 e. The molecular weight excluding hydrogens is 371 g/mol. The van der Waals surface area contributed by atoms with E-state index in [0.717, 1.165) is 12.8 Å². The molecule has 0 spiro atoms. The SMILES string of the molecule is CC(C)C(OC(=O)[C@@H](C1([O-])CCC(c2ccccc2)CC1)[Si](C)(C)C)C(C)C.[Li+]. The predicted octanol–water partition coefficient (Wildman–Crippen LogP) is 2.38. The van der Waals surface area contributed by atoms with Crippen LogP contribution in [0.1, 0.15) is 64.9 Å². The molecule has 1 aliphatic rings. The third kappa shape index (κ3) is 6.72. The summed E-state index contributed by atoms with van der Waals surface area (Å²) in [5.41, 5.74) is -0.362. The van der Waals surface area contributed by atoms with Gasteiger partial charge in [-0.25, -0.2) is 0 Å². The van der Waals surface area contributed by atoms with Crippen LogP contribution in [0.25, 0.3) is 0 Å². The maximum atomic E-state index is 13.9. The number of rotatable bonds is 7. The Kier molecular flexibility index (Phi) is 9.75. The molecule has 0 heterocycles. The summed E-state index contributed by atoms with van der Waals surface area (Å²) in [5, 5.41) is 13.9. The van der Waals surface area contributed by atoms with Crippen molar-refractivity contribution in [1.29, 1.82) is 0 Å². The maximum absolute atomic E-state index is 13.9. The monoisotopic (exact) mass is 410 g/mol. The fourth-order valence-corrected chi connectivity index (χ4v) is 7.70. The summed E-state index contributed by atoms with van der Waals surface area (Å²) in [6, 6.07) is 10.5. The first-order valence-electron chi connectivity index (χ1n) is 10.9. The second-order valence-electron chi connectivity index (χ2n) is 10.4. The van der Waals surface area contributed by atoms with Crippen molar-refractivity contribution in [2.45, 2.75) is 96.2 Å². The van der Waals surface area contributed by atoms with Crippen molar-refractivity contribution in [2.75, 3.05) is 0 Å². The molecule has 3 nitrogen and oxygen atoms in total. The van der Waals surface area contributed by atoms with Gasteiger partial charge < -0.3 is 9.84 Å². The molecule has 1 aromatic carbocycles. The van der Waals surface area contributed by atoms with Crippen LogP contribution in [0.2, 0.25) is 25.2 Å². The first-order valence-corrected chi connectivity index (χ1v) is 14.5. The second kappa shape index (κ2) is 10.7. The van der Waals surface area contributed by atoms with Crippen molar-refractivity contribution < 1.29 is 33.5 Å². The van der Waals surface area contributed by atoms with Crippen LogP contribution in [0.4, 0.5) is 0 Å². The quantitative estimate of drug-likeness (QED) is 0.512. The van der Waals surface area contributed by atoms with Crippen LogP contribution in [-0.4, -0.2) is 25.7 Å². The standard InChI is InChI=1S/C24H39O3Si.Li/c1-17(2)21(18(3)4)27-23(25)22(28(5,6)7)24(26)15-13-20(14-16-24)19-11-9-8-10-12-19;/h8-12,17-18,20-22H,13-16H2,1-7H3;/q-1;+1/t20?,22-,24?;/m0./s1. The van der Waals surface area contributed by atoms with E-state index < -0.39 is 19.2 Å². The molecule has 158 valence electrons. The molecule has 5 heteroatoms. The third-order valence-corrected chi connectivity index (χ3v) is 8.79. The van der Waals surface area contributed by atoms with E-state index in [1.807, 2.05) is 6.07 Å². The molecule has 0 saturated heterocycles. The Hall–Kier alpha value is -0.536. The molecule has 0 unspecified atom stereocenters. The summed E-state index contributed by atoms with van der Waals surface area (Å²) in [5.74, 6) is 0.700. The zero-order chi connectivity index (χ0) is 21.1. The zero-order valence-corrected chi connectivity index (χ0v) is 20.8. The van der Waals surface area contributed by atoms with E-state index >= 15 is 0 Å². The number of carbonyl (C=O) groups excluding carboxylic acids is 1. The number of ether oxygens (including phenoxy) is 1. The molecule has 1 atom stereocenters. The summed E-state index contributed by atoms with van der Waals surface area (Å²) in [6.45, 7) is 14.8. The van der Waals surface area contributed by atoms with Gasteiger partial charge in [0, 0.05) is 5.54 Å². The molecule has 0 radical (unpaired) electrons. The van der Waals surface area contributed by atoms with Crippen molar-refractivity contribution in [3.63, 3.8) is 0 Å². The van der Waals surface area contributed by atoms with Gasteiger partial charge in [-0.3, -0.25) is 4.79 Å². The van der Waals surface area contributed by atoms with Crippen molar-refractivity contribution in [3.8, 4) is 0 Å². The Balaban J connectivity index is 0.00000420. The number of hydrogen-bond acceptors (Lipinski definition) is 3. The van der Waals surface area contributed by atoms with Gasteiger partial charge in [0.25, 0.3) is 0 Å². The molecule has 1 aliphatic carbocycles. The van der Waals surface area contributed by atoms with Gasteiger partial charge in [0.1, 0.15) is 6.10 Å². The van der Waals surface area contributed by atoms with Gasteiger partial charge in [0.15, 0.2) is 0 Å². The molecule has 1 fully saturated rings. The average molecular weight is 411 g/mol. The van der Waals surface area contributed by atoms with Gasteiger partial charge in [-0.1, -0.05) is 90.5 Å². The number of esters is 1. The topological polar surface area (TPSA) is 49.4 Å². The smallest absolute Gasteiger partial charge is 0.849 e. The van der Waals surface area contributed by atoms with Crippen LogP contribution >= 0.6 is 0 Å². The largest absolute Gasteiger partial charge is 1.00 e. The minimum atomic E-state index is -2.03. The molecule has 2 rings (SSSR count). The van der Waals surface area contributed by atoms with E-state index in [-0.39, 0.29) is 42.8 Å². The molecule has 0 amide bonds. The van der Waals surface area contributed by atoms with Gasteiger partial charge in [0.05, 0.1) is 8.07 Å². The average Bonchev–Trinajstić information content (AvgIpc) is 2.59. The summed E-state index contributed by atoms with van der Waals surface area (Å²) in [4.78, 5) is 13.3. The van der Waals surface area contributed by atoms with E-state index in [0.29, 0.717) is 18.8 Å². The van der Waals surface area contributed by atoms with Crippen LogP contribution in [0.15, 0.2) is 30.3 Å². The number of carbonyl (C=O) groups is 1. The Morgan fingerprint density at radius 3 is 1.93 bits per heavy atom. The summed E-state index contributed by atoms with van der Waals surface area (Å²) in [7, 11) is -2.03. The van der Waals surface area contributed by atoms with Gasteiger partial charge in [-0.15, -0.1) is 5.60 Å². The van der Waals surface area contributed by atoms with E-state index in [9.17, 15) is 9.90 Å². The van der Waals surface area contributed by atoms with Crippen LogP contribution in [-0.2, 0) is 9.53 Å². The van der Waals surface area contributed by atoms with Gasteiger partial charge in [-0.2, -0.15) is 0 Å². The predicted molar refractivity (Wildman–Crippen MR) is 117 cm³/mol. The molecule has 1 aromatic rings. The molecule has 0 N–H and O–H groups in total. The molecule has 0 aromatic heterocycles. The van der Waals surface area contributed by atoms with Gasteiger partial charge in [-0.05, 0) is 36.2 Å². The van der Waals surface area contributed by atoms with Crippen LogP contribution < -0.4 is 24.0 Å². The third-order valence-electron chi connectivity index (χ3n) is 6.30. The van der Waals surface area contributed by atoms with Crippen molar-refractivity contribution >= 4 is 14.0 Å². The Bertz CT molecular complexity index is 623. The summed E-state index contributed by atoms with van der Waals surface area (Å²) in [6.07, 6.45) is 2.71. The van der Waals surface area contributed by atoms with Crippen molar-refractivity contribution in [3.05, 3.63) is 35.9 Å². The second-order valence-corrected chi connectivity index (χ2v) is 15.7. The fourth-order valence-electron chi connectivity index (χ4n) is 5.06.